The van der Waals surface area contributed by atoms with Crippen LogP contribution in [0.3, 0.4) is 0 Å². The van der Waals surface area contributed by atoms with Crippen molar-refractivity contribution >= 4 is 11.9 Å². The zero-order valence-corrected chi connectivity index (χ0v) is 14.5. The molecule has 0 aliphatic carbocycles. The minimum Gasteiger partial charge on any atom is -0.382 e. The fourth-order valence-corrected chi connectivity index (χ4v) is 3.70. The second-order valence-electron chi connectivity index (χ2n) is 6.62. The van der Waals surface area contributed by atoms with Crippen molar-refractivity contribution < 1.29 is 28.5 Å². The Bertz CT molecular complexity index is 567. The number of carbonyl (C=O) groups is 2. The molecule has 3 aliphatic rings. The molecule has 3 saturated heterocycles. The number of amides is 3. The topological polar surface area (TPSA) is 77.5 Å². The van der Waals surface area contributed by atoms with E-state index in [0.29, 0.717) is 18.6 Å². The molecule has 0 aromatic carbocycles. The highest BCUT2D eigenvalue weighted by atomic mass is 16.6. The van der Waals surface area contributed by atoms with Gasteiger partial charge in [-0.25, -0.2) is 4.79 Å². The lowest BCUT2D eigenvalue weighted by molar-refractivity contribution is -0.174. The molecule has 0 bridgehead atoms. The number of fused-ring (bicyclic) bond motifs is 1. The van der Waals surface area contributed by atoms with Crippen molar-refractivity contribution in [1.29, 1.82) is 0 Å². The Hall–Kier alpha value is -1.48. The third kappa shape index (κ3) is 2.28. The summed E-state index contributed by atoms with van der Waals surface area (Å²) in [7, 11) is 4.66. The van der Waals surface area contributed by atoms with Gasteiger partial charge >= 0.3 is 6.03 Å². The number of hydrogen-bond donors (Lipinski definition) is 0. The molecule has 0 saturated carbocycles. The van der Waals surface area contributed by atoms with Gasteiger partial charge in [0.2, 0.25) is 5.91 Å². The van der Waals surface area contributed by atoms with Gasteiger partial charge in [-0.3, -0.25) is 14.6 Å². The molecule has 3 fully saturated rings. The van der Waals surface area contributed by atoms with Crippen LogP contribution in [0.2, 0.25) is 0 Å². The van der Waals surface area contributed by atoms with Crippen molar-refractivity contribution in [1.82, 2.24) is 9.80 Å². The molecule has 134 valence electrons. The van der Waals surface area contributed by atoms with Crippen LogP contribution < -0.4 is 0 Å². The molecule has 3 rings (SSSR count). The van der Waals surface area contributed by atoms with Crippen LogP contribution in [0.4, 0.5) is 4.79 Å². The smallest absolute Gasteiger partial charge is 0.330 e. The van der Waals surface area contributed by atoms with E-state index in [1.165, 1.54) is 11.9 Å². The summed E-state index contributed by atoms with van der Waals surface area (Å²) in [6.45, 7) is 6.33. The lowest BCUT2D eigenvalue weighted by Crippen LogP contribution is -2.66. The van der Waals surface area contributed by atoms with Gasteiger partial charge in [0.25, 0.3) is 0 Å². The van der Waals surface area contributed by atoms with Gasteiger partial charge in [0.15, 0.2) is 6.23 Å². The van der Waals surface area contributed by atoms with Crippen molar-refractivity contribution in [2.24, 2.45) is 5.41 Å². The summed E-state index contributed by atoms with van der Waals surface area (Å²) in [4.78, 5) is 28.0. The first-order valence-corrected chi connectivity index (χ1v) is 7.93. The summed E-state index contributed by atoms with van der Waals surface area (Å²) < 4.78 is 22.4. The molecule has 5 atom stereocenters. The second-order valence-corrected chi connectivity index (χ2v) is 6.62. The lowest BCUT2D eigenvalue weighted by atomic mass is 9.79. The second kappa shape index (κ2) is 6.11. The van der Waals surface area contributed by atoms with Crippen LogP contribution in [-0.2, 0) is 23.7 Å². The third-order valence-electron chi connectivity index (χ3n) is 5.28. The molecule has 24 heavy (non-hydrogen) atoms. The van der Waals surface area contributed by atoms with Crippen LogP contribution in [0.5, 0.6) is 0 Å². The van der Waals surface area contributed by atoms with E-state index in [2.05, 4.69) is 6.58 Å². The highest BCUT2D eigenvalue weighted by molar-refractivity contribution is 6.02. The number of ether oxygens (including phenoxy) is 4. The van der Waals surface area contributed by atoms with Gasteiger partial charge < -0.3 is 18.9 Å². The zero-order valence-electron chi connectivity index (χ0n) is 14.5. The molecule has 0 aromatic heterocycles. The van der Waals surface area contributed by atoms with Crippen LogP contribution in [0.15, 0.2) is 12.2 Å². The lowest BCUT2D eigenvalue weighted by Gasteiger charge is -2.47. The number of urea groups is 1. The van der Waals surface area contributed by atoms with Gasteiger partial charge in [-0.15, -0.1) is 0 Å². The molecule has 3 aliphatic heterocycles. The molecular weight excluding hydrogens is 316 g/mol. The number of rotatable bonds is 4. The summed E-state index contributed by atoms with van der Waals surface area (Å²) in [6.07, 6.45) is -1.25. The summed E-state index contributed by atoms with van der Waals surface area (Å²) >= 11 is 0. The van der Waals surface area contributed by atoms with Crippen LogP contribution in [0.25, 0.3) is 0 Å². The van der Waals surface area contributed by atoms with E-state index in [9.17, 15) is 9.59 Å². The maximum absolute atomic E-state index is 12.7. The summed E-state index contributed by atoms with van der Waals surface area (Å²) in [6, 6.07) is -0.435. The predicted octanol–water partition coefficient (Wildman–Crippen LogP) is 0.576. The molecule has 0 N–H and O–H groups in total. The fourth-order valence-electron chi connectivity index (χ4n) is 3.70. The normalized spacial score (nSPS) is 39.8. The van der Waals surface area contributed by atoms with Gasteiger partial charge in [0, 0.05) is 27.7 Å². The maximum atomic E-state index is 12.7. The average molecular weight is 340 g/mol. The summed E-state index contributed by atoms with van der Waals surface area (Å²) in [5, 5.41) is 0. The standard InChI is InChI=1S/C16H24N2O6/c1-9-7-23-14-16(9,2)13(19)17(3)15(20)18(14)12-6-10(22-5)11(24-12)8-21-4/h10-12,14H,1,6-8H2,2-5H3/t10-,11+,12+,14-,16-/m0/s1. The number of hydrogen-bond acceptors (Lipinski definition) is 6. The average Bonchev–Trinajstić information content (AvgIpc) is 3.10. The molecule has 0 radical (unpaired) electrons. The van der Waals surface area contributed by atoms with E-state index in [-0.39, 0.29) is 24.7 Å². The van der Waals surface area contributed by atoms with Crippen LogP contribution in [-0.4, -0.2) is 80.9 Å². The van der Waals surface area contributed by atoms with Gasteiger partial charge in [-0.2, -0.15) is 0 Å². The van der Waals surface area contributed by atoms with E-state index < -0.39 is 23.9 Å². The Morgan fingerprint density at radius 3 is 2.71 bits per heavy atom. The first kappa shape index (κ1) is 17.3. The third-order valence-corrected chi connectivity index (χ3v) is 5.28. The van der Waals surface area contributed by atoms with E-state index in [1.54, 1.807) is 21.1 Å². The van der Waals surface area contributed by atoms with Crippen molar-refractivity contribution in [2.75, 3.05) is 34.5 Å². The van der Waals surface area contributed by atoms with Crippen LogP contribution in [0, 0.1) is 5.41 Å². The molecule has 8 nitrogen and oxygen atoms in total. The van der Waals surface area contributed by atoms with E-state index in [4.69, 9.17) is 18.9 Å². The number of nitrogens with zero attached hydrogens (tertiary/aromatic N) is 2. The highest BCUT2D eigenvalue weighted by Gasteiger charge is 2.61. The molecular formula is C16H24N2O6. The molecule has 3 amide bonds. The first-order valence-electron chi connectivity index (χ1n) is 7.93. The number of carbonyl (C=O) groups excluding carboxylic acids is 2. The molecule has 0 spiro atoms. The molecule has 8 heteroatoms. The van der Waals surface area contributed by atoms with E-state index >= 15 is 0 Å². The maximum Gasteiger partial charge on any atom is 0.330 e. The molecule has 0 aromatic rings. The monoisotopic (exact) mass is 340 g/mol. The Morgan fingerprint density at radius 2 is 2.08 bits per heavy atom. The molecule has 0 unspecified atom stereocenters. The Kier molecular flexibility index (Phi) is 4.41. The van der Waals surface area contributed by atoms with Gasteiger partial charge in [-0.05, 0) is 12.5 Å². The van der Waals surface area contributed by atoms with Crippen molar-refractivity contribution in [3.63, 3.8) is 0 Å². The fraction of sp³-hybridized carbons (Fsp3) is 0.750. The van der Waals surface area contributed by atoms with Gasteiger partial charge in [-0.1, -0.05) is 6.58 Å². The summed E-state index contributed by atoms with van der Waals surface area (Å²) in [5.41, 5.74) is -0.301. The van der Waals surface area contributed by atoms with E-state index in [1.807, 2.05) is 0 Å². The SMILES string of the molecule is C=C1CO[C@@H]2N([C@H]3C[C@H](OC)[C@@H](COC)O3)C(=O)N(C)C(=O)[C@]12C. The Labute approximate surface area is 141 Å². The number of imide groups is 1. The largest absolute Gasteiger partial charge is 0.382 e. The Morgan fingerprint density at radius 1 is 1.38 bits per heavy atom. The minimum absolute atomic E-state index is 0.193. The molecule has 3 heterocycles. The van der Waals surface area contributed by atoms with Gasteiger partial charge in [0.1, 0.15) is 17.7 Å². The van der Waals surface area contributed by atoms with Gasteiger partial charge in [0.05, 0.1) is 19.3 Å². The quantitative estimate of drug-likeness (QED) is 0.697. The van der Waals surface area contributed by atoms with Crippen molar-refractivity contribution in [2.45, 2.75) is 38.0 Å². The minimum atomic E-state index is -0.964. The van der Waals surface area contributed by atoms with E-state index in [0.717, 1.165) is 4.90 Å². The zero-order chi connectivity index (χ0) is 17.6. The predicted molar refractivity (Wildman–Crippen MR) is 82.9 cm³/mol. The summed E-state index contributed by atoms with van der Waals surface area (Å²) in [5.74, 6) is -0.300. The highest BCUT2D eigenvalue weighted by Crippen LogP contribution is 2.46. The van der Waals surface area contributed by atoms with Crippen LogP contribution >= 0.6 is 0 Å². The number of methoxy groups -OCH3 is 2. The Balaban J connectivity index is 1.91. The van der Waals surface area contributed by atoms with Crippen molar-refractivity contribution in [3.05, 3.63) is 12.2 Å². The van der Waals surface area contributed by atoms with Crippen molar-refractivity contribution in [3.8, 4) is 0 Å². The van der Waals surface area contributed by atoms with Crippen LogP contribution in [0.1, 0.15) is 13.3 Å². The first-order chi connectivity index (χ1) is 11.4.